The fourth-order valence-corrected chi connectivity index (χ4v) is 3.36. The van der Waals surface area contributed by atoms with Gasteiger partial charge in [-0.2, -0.15) is 13.2 Å². The van der Waals surface area contributed by atoms with Crippen molar-refractivity contribution >= 4 is 5.91 Å². The summed E-state index contributed by atoms with van der Waals surface area (Å²) in [6.07, 6.45) is -1.03. The van der Waals surface area contributed by atoms with E-state index in [0.717, 1.165) is 4.57 Å². The Labute approximate surface area is 215 Å². The van der Waals surface area contributed by atoms with Crippen LogP contribution < -0.4 is 5.73 Å². The molecule has 1 atom stereocenters. The van der Waals surface area contributed by atoms with Crippen LogP contribution in [0, 0.1) is 17.5 Å². The Morgan fingerprint density at radius 3 is 2.05 bits per heavy atom. The van der Waals surface area contributed by atoms with Crippen LogP contribution in [0.25, 0.3) is 0 Å². The number of alkyl halides is 3. The standard InChI is InChI=1S/C16H15F6N5O.C5H12.2C2H6/c17-10-6-12(19)11(18)4-8(10)3-9(23)5-14(28)26-1-2-27-13(7-26)24-25-15(27)16(20,21)22;1-3-5-4-2;2*1-2/h4,6,9H,1-3,5,7,23H2;3-5H2,1-2H3;2*1-2H3. The van der Waals surface area contributed by atoms with Gasteiger partial charge in [0.15, 0.2) is 17.5 Å². The fourth-order valence-electron chi connectivity index (χ4n) is 3.36. The molecule has 1 aromatic carbocycles. The van der Waals surface area contributed by atoms with E-state index >= 15 is 0 Å². The molecular weight excluding hydrogens is 500 g/mol. The second kappa shape index (κ2) is 17.0. The summed E-state index contributed by atoms with van der Waals surface area (Å²) in [6, 6.07) is 0.184. The van der Waals surface area contributed by atoms with Crippen molar-refractivity contribution in [2.75, 3.05) is 6.54 Å². The third kappa shape index (κ3) is 10.7. The number of carbonyl (C=O) groups is 1. The monoisotopic (exact) mass is 539 g/mol. The molecule has 0 saturated heterocycles. The molecule has 2 aromatic rings. The summed E-state index contributed by atoms with van der Waals surface area (Å²) in [5.41, 5.74) is 5.64. The average Bonchev–Trinajstić information content (AvgIpc) is 3.30. The molecule has 0 bridgehead atoms. The minimum Gasteiger partial charge on any atom is -0.333 e. The van der Waals surface area contributed by atoms with Gasteiger partial charge in [0.1, 0.15) is 5.82 Å². The van der Waals surface area contributed by atoms with Gasteiger partial charge in [-0.25, -0.2) is 13.2 Å². The number of rotatable bonds is 6. The van der Waals surface area contributed by atoms with Gasteiger partial charge in [-0.15, -0.1) is 10.2 Å². The second-order valence-electron chi connectivity index (χ2n) is 7.78. The first kappa shape index (κ1) is 34.4. The average molecular weight is 540 g/mol. The largest absolute Gasteiger partial charge is 0.451 e. The van der Waals surface area contributed by atoms with Crippen LogP contribution in [0.3, 0.4) is 0 Å². The van der Waals surface area contributed by atoms with E-state index in [0.29, 0.717) is 12.1 Å². The number of aromatic nitrogens is 3. The van der Waals surface area contributed by atoms with E-state index < -0.39 is 41.4 Å². The van der Waals surface area contributed by atoms with E-state index in [4.69, 9.17) is 5.73 Å². The number of hydrogen-bond acceptors (Lipinski definition) is 4. The van der Waals surface area contributed by atoms with Crippen molar-refractivity contribution < 1.29 is 31.1 Å². The van der Waals surface area contributed by atoms with Gasteiger partial charge in [0.05, 0.1) is 6.54 Å². The topological polar surface area (TPSA) is 77.0 Å². The maximum Gasteiger partial charge on any atom is 0.451 e. The molecular formula is C25H39F6N5O. The molecule has 37 heavy (non-hydrogen) atoms. The molecule has 1 aliphatic rings. The molecule has 6 nitrogen and oxygen atoms in total. The van der Waals surface area contributed by atoms with E-state index in [-0.39, 0.29) is 43.9 Å². The maximum absolute atomic E-state index is 13.7. The molecule has 1 amide bonds. The third-order valence-electron chi connectivity index (χ3n) is 5.07. The zero-order valence-corrected chi connectivity index (χ0v) is 22.4. The first-order chi connectivity index (χ1) is 17.5. The van der Waals surface area contributed by atoms with Crippen molar-refractivity contribution in [1.29, 1.82) is 0 Å². The highest BCUT2D eigenvalue weighted by Crippen LogP contribution is 2.29. The Kier molecular flexibility index (Phi) is 15.8. The highest BCUT2D eigenvalue weighted by Gasteiger charge is 2.40. The quantitative estimate of drug-likeness (QED) is 0.347. The Balaban J connectivity index is 0.00000127. The number of benzene rings is 1. The first-order valence-corrected chi connectivity index (χ1v) is 12.6. The van der Waals surface area contributed by atoms with Crippen molar-refractivity contribution in [3.8, 4) is 0 Å². The van der Waals surface area contributed by atoms with Gasteiger partial charge in [0.25, 0.3) is 0 Å². The van der Waals surface area contributed by atoms with E-state index in [1.54, 1.807) is 0 Å². The summed E-state index contributed by atoms with van der Waals surface area (Å²) in [6.45, 7) is 12.1. The molecule has 0 saturated carbocycles. The predicted molar refractivity (Wildman–Crippen MR) is 131 cm³/mol. The zero-order chi connectivity index (χ0) is 28.8. The van der Waals surface area contributed by atoms with E-state index in [1.807, 2.05) is 27.7 Å². The predicted octanol–water partition coefficient (Wildman–Crippen LogP) is 6.27. The van der Waals surface area contributed by atoms with Crippen LogP contribution in [0.15, 0.2) is 12.1 Å². The minimum atomic E-state index is -4.64. The fraction of sp³-hybridized carbons (Fsp3) is 0.640. The number of nitrogens with two attached hydrogens (primary N) is 1. The Morgan fingerprint density at radius 2 is 1.54 bits per heavy atom. The lowest BCUT2D eigenvalue weighted by Crippen LogP contribution is -2.42. The zero-order valence-electron chi connectivity index (χ0n) is 22.4. The van der Waals surface area contributed by atoms with Crippen molar-refractivity contribution in [1.82, 2.24) is 19.7 Å². The number of fused-ring (bicyclic) bond motifs is 1. The smallest absolute Gasteiger partial charge is 0.333 e. The highest BCUT2D eigenvalue weighted by atomic mass is 19.4. The number of carbonyl (C=O) groups excluding carboxylic acids is 1. The summed E-state index contributed by atoms with van der Waals surface area (Å²) >= 11 is 0. The molecule has 1 aromatic heterocycles. The molecule has 1 aliphatic heterocycles. The van der Waals surface area contributed by atoms with Crippen LogP contribution in [0.2, 0.25) is 0 Å². The molecule has 0 radical (unpaired) electrons. The molecule has 0 aliphatic carbocycles. The molecule has 2 N–H and O–H groups in total. The van der Waals surface area contributed by atoms with Gasteiger partial charge >= 0.3 is 6.18 Å². The van der Waals surface area contributed by atoms with Gasteiger partial charge in [0.2, 0.25) is 11.7 Å². The Hall–Kier alpha value is -2.63. The van der Waals surface area contributed by atoms with Gasteiger partial charge in [-0.05, 0) is 18.1 Å². The summed E-state index contributed by atoms with van der Waals surface area (Å²) in [4.78, 5) is 13.6. The van der Waals surface area contributed by atoms with Crippen molar-refractivity contribution in [3.05, 3.63) is 46.8 Å². The highest BCUT2D eigenvalue weighted by molar-refractivity contribution is 5.76. The Morgan fingerprint density at radius 1 is 0.973 bits per heavy atom. The summed E-state index contributed by atoms with van der Waals surface area (Å²) in [7, 11) is 0. The van der Waals surface area contributed by atoms with Crippen molar-refractivity contribution in [2.24, 2.45) is 5.73 Å². The SMILES string of the molecule is CC.CC.CCCCC.NC(CC(=O)N1CCn2c(nnc2C(F)(F)F)C1)Cc1cc(F)c(F)cc1F. The van der Waals surface area contributed by atoms with Gasteiger partial charge < -0.3 is 15.2 Å². The molecule has 3 rings (SSSR count). The number of halogens is 6. The maximum atomic E-state index is 13.7. The van der Waals surface area contributed by atoms with Crippen LogP contribution >= 0.6 is 0 Å². The van der Waals surface area contributed by atoms with Crippen LogP contribution in [0.4, 0.5) is 26.3 Å². The van der Waals surface area contributed by atoms with Crippen LogP contribution in [-0.4, -0.2) is 38.2 Å². The molecule has 0 spiro atoms. The Bertz CT molecular complexity index is 946. The van der Waals surface area contributed by atoms with E-state index in [2.05, 4.69) is 24.0 Å². The number of unbranched alkanes of at least 4 members (excludes halogenated alkanes) is 2. The van der Waals surface area contributed by atoms with Crippen LogP contribution in [-0.2, 0) is 30.5 Å². The van der Waals surface area contributed by atoms with Crippen LogP contribution in [0.5, 0.6) is 0 Å². The lowest BCUT2D eigenvalue weighted by molar-refractivity contribution is -0.148. The molecule has 0 fully saturated rings. The number of hydrogen-bond donors (Lipinski definition) is 1. The molecule has 12 heteroatoms. The number of nitrogens with zero attached hydrogens (tertiary/aromatic N) is 4. The first-order valence-electron chi connectivity index (χ1n) is 12.6. The van der Waals surface area contributed by atoms with Gasteiger partial charge in [-0.3, -0.25) is 4.79 Å². The van der Waals surface area contributed by atoms with Gasteiger partial charge in [-0.1, -0.05) is 60.8 Å². The third-order valence-corrected chi connectivity index (χ3v) is 5.07. The lowest BCUT2D eigenvalue weighted by Gasteiger charge is -2.29. The molecule has 2 heterocycles. The summed E-state index contributed by atoms with van der Waals surface area (Å²) < 4.78 is 79.3. The minimum absolute atomic E-state index is 0.000783. The lowest BCUT2D eigenvalue weighted by atomic mass is 10.0. The van der Waals surface area contributed by atoms with Gasteiger partial charge in [0, 0.05) is 31.6 Å². The van der Waals surface area contributed by atoms with Crippen LogP contribution in [0.1, 0.15) is 84.4 Å². The van der Waals surface area contributed by atoms with E-state index in [9.17, 15) is 31.1 Å². The normalized spacial score (nSPS) is 13.2. The molecule has 212 valence electrons. The van der Waals surface area contributed by atoms with Crippen molar-refractivity contribution in [2.45, 2.75) is 99.0 Å². The van der Waals surface area contributed by atoms with E-state index in [1.165, 1.54) is 24.2 Å². The van der Waals surface area contributed by atoms with Crippen molar-refractivity contribution in [3.63, 3.8) is 0 Å². The number of amides is 1. The summed E-state index contributed by atoms with van der Waals surface area (Å²) in [5.74, 6) is -5.15. The second-order valence-corrected chi connectivity index (χ2v) is 7.78. The summed E-state index contributed by atoms with van der Waals surface area (Å²) in [5, 5.41) is 6.60. The molecule has 1 unspecified atom stereocenters.